The molecule has 2 N–H and O–H groups in total. The van der Waals surface area contributed by atoms with Crippen molar-refractivity contribution >= 4 is 22.5 Å². The molecule has 0 aliphatic carbocycles. The summed E-state index contributed by atoms with van der Waals surface area (Å²) in [5, 5.41) is 0.723. The van der Waals surface area contributed by atoms with Crippen molar-refractivity contribution in [3.05, 3.63) is 35.0 Å². The predicted octanol–water partition coefficient (Wildman–Crippen LogP) is 1.92. The van der Waals surface area contributed by atoms with Crippen molar-refractivity contribution in [2.24, 2.45) is 5.73 Å². The molecule has 0 bridgehead atoms. The molecule has 5 heteroatoms. The van der Waals surface area contributed by atoms with Crippen molar-refractivity contribution in [3.8, 4) is 0 Å². The first-order valence-corrected chi connectivity index (χ1v) is 4.91. The highest BCUT2D eigenvalue weighted by Gasteiger charge is 2.08. The molecular formula is C10H9ClFN3. The Bertz CT molecular complexity index is 501. The summed E-state index contributed by atoms with van der Waals surface area (Å²) in [5.41, 5.74) is 6.38. The number of benzene rings is 1. The van der Waals surface area contributed by atoms with Crippen molar-refractivity contribution in [1.82, 2.24) is 9.97 Å². The van der Waals surface area contributed by atoms with Crippen LogP contribution in [0, 0.1) is 5.82 Å². The average molecular weight is 226 g/mol. The summed E-state index contributed by atoms with van der Waals surface area (Å²) < 4.78 is 13.4. The standard InChI is InChI=1S/C10H9ClFN3/c11-10-14-8(4-5-13)6-2-1-3-7(12)9(6)15-10/h1-3H,4-5,13H2. The maximum Gasteiger partial charge on any atom is 0.223 e. The van der Waals surface area contributed by atoms with E-state index in [1.165, 1.54) is 6.07 Å². The lowest BCUT2D eigenvalue weighted by Crippen LogP contribution is -2.06. The van der Waals surface area contributed by atoms with Crippen LogP contribution in [0.3, 0.4) is 0 Å². The van der Waals surface area contributed by atoms with E-state index in [0.29, 0.717) is 24.0 Å². The molecule has 0 unspecified atom stereocenters. The number of fused-ring (bicyclic) bond motifs is 1. The molecule has 0 fully saturated rings. The van der Waals surface area contributed by atoms with Crippen LogP contribution in [0.5, 0.6) is 0 Å². The Hall–Kier alpha value is -1.26. The number of nitrogens with two attached hydrogens (primary N) is 1. The molecule has 0 atom stereocenters. The number of hydrogen-bond donors (Lipinski definition) is 1. The zero-order valence-corrected chi connectivity index (χ0v) is 8.63. The normalized spacial score (nSPS) is 10.9. The monoisotopic (exact) mass is 225 g/mol. The minimum Gasteiger partial charge on any atom is -0.330 e. The zero-order chi connectivity index (χ0) is 10.8. The smallest absolute Gasteiger partial charge is 0.223 e. The summed E-state index contributed by atoms with van der Waals surface area (Å²) in [4.78, 5) is 7.90. The van der Waals surface area contributed by atoms with Gasteiger partial charge in [0.15, 0.2) is 0 Å². The summed E-state index contributed by atoms with van der Waals surface area (Å²) >= 11 is 5.70. The summed E-state index contributed by atoms with van der Waals surface area (Å²) in [5.74, 6) is -0.393. The highest BCUT2D eigenvalue weighted by atomic mass is 35.5. The van der Waals surface area contributed by atoms with Gasteiger partial charge >= 0.3 is 0 Å². The number of hydrogen-bond acceptors (Lipinski definition) is 3. The van der Waals surface area contributed by atoms with Gasteiger partial charge in [-0.1, -0.05) is 12.1 Å². The summed E-state index contributed by atoms with van der Waals surface area (Å²) in [6, 6.07) is 4.73. The molecule has 0 aliphatic heterocycles. The lowest BCUT2D eigenvalue weighted by atomic mass is 10.1. The predicted molar refractivity (Wildman–Crippen MR) is 57.3 cm³/mol. The maximum absolute atomic E-state index is 13.4. The van der Waals surface area contributed by atoms with E-state index in [4.69, 9.17) is 17.3 Å². The van der Waals surface area contributed by atoms with Crippen LogP contribution >= 0.6 is 11.6 Å². The maximum atomic E-state index is 13.4. The van der Waals surface area contributed by atoms with Gasteiger partial charge in [-0.15, -0.1) is 0 Å². The van der Waals surface area contributed by atoms with E-state index in [1.807, 2.05) is 0 Å². The SMILES string of the molecule is NCCc1nc(Cl)nc2c(F)cccc12. The highest BCUT2D eigenvalue weighted by Crippen LogP contribution is 2.20. The number of halogens is 2. The Morgan fingerprint density at radius 1 is 1.33 bits per heavy atom. The number of nitrogens with zero attached hydrogens (tertiary/aromatic N) is 2. The molecule has 1 heterocycles. The van der Waals surface area contributed by atoms with Crippen LogP contribution in [-0.2, 0) is 6.42 Å². The lowest BCUT2D eigenvalue weighted by molar-refractivity contribution is 0.636. The van der Waals surface area contributed by atoms with Crippen LogP contribution < -0.4 is 5.73 Å². The molecule has 2 aromatic rings. The van der Waals surface area contributed by atoms with E-state index >= 15 is 0 Å². The summed E-state index contributed by atoms with van der Waals surface area (Å²) in [6.45, 7) is 0.443. The van der Waals surface area contributed by atoms with Crippen LogP contribution in [-0.4, -0.2) is 16.5 Å². The fraction of sp³-hybridized carbons (Fsp3) is 0.200. The summed E-state index contributed by atoms with van der Waals surface area (Å²) in [6.07, 6.45) is 0.558. The van der Waals surface area contributed by atoms with E-state index in [9.17, 15) is 4.39 Å². The first kappa shape index (κ1) is 10.3. The van der Waals surface area contributed by atoms with Gasteiger partial charge in [-0.05, 0) is 24.2 Å². The quantitative estimate of drug-likeness (QED) is 0.795. The van der Waals surface area contributed by atoms with Crippen molar-refractivity contribution in [2.75, 3.05) is 6.54 Å². The van der Waals surface area contributed by atoms with Gasteiger partial charge in [-0.3, -0.25) is 0 Å². The minimum atomic E-state index is -0.393. The van der Waals surface area contributed by atoms with Crippen molar-refractivity contribution in [2.45, 2.75) is 6.42 Å². The third-order valence-corrected chi connectivity index (χ3v) is 2.28. The van der Waals surface area contributed by atoms with Crippen molar-refractivity contribution < 1.29 is 4.39 Å². The van der Waals surface area contributed by atoms with Crippen LogP contribution in [0.1, 0.15) is 5.69 Å². The molecule has 0 aliphatic rings. The van der Waals surface area contributed by atoms with Crippen molar-refractivity contribution in [3.63, 3.8) is 0 Å². The lowest BCUT2D eigenvalue weighted by Gasteiger charge is -2.04. The largest absolute Gasteiger partial charge is 0.330 e. The van der Waals surface area contributed by atoms with Gasteiger partial charge in [0, 0.05) is 11.8 Å². The molecule has 15 heavy (non-hydrogen) atoms. The average Bonchev–Trinajstić information content (AvgIpc) is 2.20. The molecule has 0 radical (unpaired) electrons. The van der Waals surface area contributed by atoms with E-state index in [1.54, 1.807) is 12.1 Å². The van der Waals surface area contributed by atoms with E-state index < -0.39 is 5.82 Å². The second kappa shape index (κ2) is 4.08. The van der Waals surface area contributed by atoms with Gasteiger partial charge in [-0.2, -0.15) is 0 Å². The van der Waals surface area contributed by atoms with Gasteiger partial charge in [-0.25, -0.2) is 14.4 Å². The fourth-order valence-corrected chi connectivity index (χ4v) is 1.66. The van der Waals surface area contributed by atoms with Gasteiger partial charge in [0.05, 0.1) is 5.69 Å². The molecule has 0 saturated heterocycles. The summed E-state index contributed by atoms with van der Waals surface area (Å²) in [7, 11) is 0. The number of para-hydroxylation sites is 1. The molecular weight excluding hydrogens is 217 g/mol. The number of aromatic nitrogens is 2. The second-order valence-electron chi connectivity index (χ2n) is 3.11. The van der Waals surface area contributed by atoms with Crippen LogP contribution in [0.15, 0.2) is 18.2 Å². The molecule has 3 nitrogen and oxygen atoms in total. The highest BCUT2D eigenvalue weighted by molar-refractivity contribution is 6.28. The number of rotatable bonds is 2. The Morgan fingerprint density at radius 3 is 2.87 bits per heavy atom. The van der Waals surface area contributed by atoms with Crippen LogP contribution in [0.2, 0.25) is 5.28 Å². The van der Waals surface area contributed by atoms with E-state index in [-0.39, 0.29) is 10.8 Å². The van der Waals surface area contributed by atoms with Gasteiger partial charge in [0.2, 0.25) is 5.28 Å². The molecule has 2 rings (SSSR count). The third kappa shape index (κ3) is 1.91. The van der Waals surface area contributed by atoms with Gasteiger partial charge in [0.25, 0.3) is 0 Å². The Kier molecular flexibility index (Phi) is 2.79. The molecule has 0 amide bonds. The third-order valence-electron chi connectivity index (χ3n) is 2.11. The van der Waals surface area contributed by atoms with E-state index in [0.717, 1.165) is 0 Å². The Morgan fingerprint density at radius 2 is 2.13 bits per heavy atom. The second-order valence-corrected chi connectivity index (χ2v) is 3.45. The van der Waals surface area contributed by atoms with E-state index in [2.05, 4.69) is 9.97 Å². The topological polar surface area (TPSA) is 51.8 Å². The molecule has 0 spiro atoms. The first-order valence-electron chi connectivity index (χ1n) is 4.53. The van der Waals surface area contributed by atoms with Crippen LogP contribution in [0.25, 0.3) is 10.9 Å². The minimum absolute atomic E-state index is 0.0519. The molecule has 1 aromatic heterocycles. The first-order chi connectivity index (χ1) is 7.22. The molecule has 0 saturated carbocycles. The fourth-order valence-electron chi connectivity index (χ4n) is 1.48. The Labute approximate surface area is 91.1 Å². The van der Waals surface area contributed by atoms with Gasteiger partial charge < -0.3 is 5.73 Å². The molecule has 78 valence electrons. The van der Waals surface area contributed by atoms with Crippen molar-refractivity contribution in [1.29, 1.82) is 0 Å². The zero-order valence-electron chi connectivity index (χ0n) is 7.87. The molecule has 1 aromatic carbocycles. The van der Waals surface area contributed by atoms with Crippen LogP contribution in [0.4, 0.5) is 4.39 Å². The Balaban J connectivity index is 2.74. The van der Waals surface area contributed by atoms with Gasteiger partial charge in [0.1, 0.15) is 11.3 Å².